The fourth-order valence-electron chi connectivity index (χ4n) is 1.06. The number of benzene rings is 1. The second-order valence-corrected chi connectivity index (χ2v) is 4.48. The number of amides is 1. The summed E-state index contributed by atoms with van der Waals surface area (Å²) in [5.74, 6) is 0.585. The molecule has 88 valence electrons. The second kappa shape index (κ2) is 7.45. The smallest absolute Gasteiger partial charge is 0.257 e. The van der Waals surface area contributed by atoms with Gasteiger partial charge in [-0.15, -0.1) is 0 Å². The van der Waals surface area contributed by atoms with Crippen LogP contribution >= 0.6 is 22.6 Å². The van der Waals surface area contributed by atoms with Crippen molar-refractivity contribution in [3.63, 3.8) is 0 Å². The van der Waals surface area contributed by atoms with E-state index in [0.717, 1.165) is 9.99 Å². The van der Waals surface area contributed by atoms with Crippen LogP contribution in [0.4, 0.5) is 0 Å². The van der Waals surface area contributed by atoms with Gasteiger partial charge in [0, 0.05) is 10.1 Å². The Morgan fingerprint density at radius 1 is 1.38 bits per heavy atom. The SMILES string of the molecule is NCCCNC(=O)COc1ccc(I)cc1. The highest BCUT2D eigenvalue weighted by atomic mass is 127. The van der Waals surface area contributed by atoms with Crippen LogP contribution in [0.2, 0.25) is 0 Å². The molecule has 0 aliphatic carbocycles. The van der Waals surface area contributed by atoms with Crippen molar-refractivity contribution in [1.82, 2.24) is 5.32 Å². The van der Waals surface area contributed by atoms with Crippen molar-refractivity contribution in [1.29, 1.82) is 0 Å². The minimum Gasteiger partial charge on any atom is -0.484 e. The predicted molar refractivity (Wildman–Crippen MR) is 71.3 cm³/mol. The van der Waals surface area contributed by atoms with Gasteiger partial charge in [0.2, 0.25) is 0 Å². The van der Waals surface area contributed by atoms with Crippen LogP contribution in [-0.4, -0.2) is 25.6 Å². The normalized spacial score (nSPS) is 9.88. The fourth-order valence-corrected chi connectivity index (χ4v) is 1.42. The summed E-state index contributed by atoms with van der Waals surface area (Å²) in [6.07, 6.45) is 0.787. The fraction of sp³-hybridized carbons (Fsp3) is 0.364. The molecule has 1 aromatic rings. The summed E-state index contributed by atoms with van der Waals surface area (Å²) < 4.78 is 6.44. The van der Waals surface area contributed by atoms with Gasteiger partial charge in [0.25, 0.3) is 5.91 Å². The molecule has 0 radical (unpaired) electrons. The number of rotatable bonds is 6. The van der Waals surface area contributed by atoms with Crippen LogP contribution in [0.5, 0.6) is 5.75 Å². The number of carbonyl (C=O) groups is 1. The van der Waals surface area contributed by atoms with Gasteiger partial charge in [-0.05, 0) is 59.8 Å². The van der Waals surface area contributed by atoms with E-state index < -0.39 is 0 Å². The lowest BCUT2D eigenvalue weighted by atomic mass is 10.3. The van der Waals surface area contributed by atoms with E-state index in [1.165, 1.54) is 0 Å². The Hall–Kier alpha value is -0.820. The molecule has 4 nitrogen and oxygen atoms in total. The largest absolute Gasteiger partial charge is 0.484 e. The lowest BCUT2D eigenvalue weighted by Gasteiger charge is -2.06. The van der Waals surface area contributed by atoms with E-state index in [1.807, 2.05) is 24.3 Å². The van der Waals surface area contributed by atoms with Gasteiger partial charge in [0.15, 0.2) is 6.61 Å². The van der Waals surface area contributed by atoms with E-state index in [1.54, 1.807) is 0 Å². The molecule has 1 amide bonds. The Kier molecular flexibility index (Phi) is 6.17. The quantitative estimate of drug-likeness (QED) is 0.606. The first kappa shape index (κ1) is 13.2. The molecule has 0 saturated heterocycles. The van der Waals surface area contributed by atoms with Crippen molar-refractivity contribution in [3.8, 4) is 5.75 Å². The van der Waals surface area contributed by atoms with E-state index in [4.69, 9.17) is 10.5 Å². The zero-order valence-corrected chi connectivity index (χ0v) is 11.1. The summed E-state index contributed by atoms with van der Waals surface area (Å²) in [5.41, 5.74) is 5.31. The third-order valence-electron chi connectivity index (χ3n) is 1.89. The van der Waals surface area contributed by atoms with Crippen LogP contribution in [0.15, 0.2) is 24.3 Å². The molecular weight excluding hydrogens is 319 g/mol. The van der Waals surface area contributed by atoms with Crippen molar-refractivity contribution >= 4 is 28.5 Å². The van der Waals surface area contributed by atoms with E-state index >= 15 is 0 Å². The van der Waals surface area contributed by atoms with Crippen LogP contribution in [0, 0.1) is 3.57 Å². The summed E-state index contributed by atoms with van der Waals surface area (Å²) in [6.45, 7) is 1.23. The van der Waals surface area contributed by atoms with E-state index in [2.05, 4.69) is 27.9 Å². The Morgan fingerprint density at radius 2 is 2.06 bits per heavy atom. The predicted octanol–water partition coefficient (Wildman–Crippen LogP) is 1.14. The average molecular weight is 334 g/mol. The lowest BCUT2D eigenvalue weighted by Crippen LogP contribution is -2.30. The molecule has 0 aromatic heterocycles. The standard InChI is InChI=1S/C11H15IN2O2/c12-9-2-4-10(5-3-9)16-8-11(15)14-7-1-6-13/h2-5H,1,6-8,13H2,(H,14,15). The van der Waals surface area contributed by atoms with E-state index in [9.17, 15) is 4.79 Å². The van der Waals surface area contributed by atoms with Crippen molar-refractivity contribution in [2.24, 2.45) is 5.73 Å². The Balaban J connectivity index is 2.23. The average Bonchev–Trinajstić information content (AvgIpc) is 2.29. The summed E-state index contributed by atoms with van der Waals surface area (Å²) in [5, 5.41) is 2.72. The van der Waals surface area contributed by atoms with Gasteiger partial charge in [-0.1, -0.05) is 0 Å². The Bertz CT molecular complexity index is 327. The molecular formula is C11H15IN2O2. The Labute approximate surface area is 109 Å². The number of ether oxygens (including phenoxy) is 1. The molecule has 1 aromatic carbocycles. The maximum atomic E-state index is 11.3. The second-order valence-electron chi connectivity index (χ2n) is 3.23. The number of hydrogen-bond acceptors (Lipinski definition) is 3. The first-order valence-corrected chi connectivity index (χ1v) is 6.15. The molecule has 0 unspecified atom stereocenters. The van der Waals surface area contributed by atoms with Gasteiger partial charge in [-0.25, -0.2) is 0 Å². The third-order valence-corrected chi connectivity index (χ3v) is 2.61. The highest BCUT2D eigenvalue weighted by Gasteiger charge is 2.01. The zero-order valence-electron chi connectivity index (χ0n) is 8.91. The maximum absolute atomic E-state index is 11.3. The molecule has 0 heterocycles. The van der Waals surface area contributed by atoms with Gasteiger partial charge >= 0.3 is 0 Å². The minimum atomic E-state index is -0.119. The highest BCUT2D eigenvalue weighted by molar-refractivity contribution is 14.1. The van der Waals surface area contributed by atoms with Crippen LogP contribution in [0.3, 0.4) is 0 Å². The number of hydrogen-bond donors (Lipinski definition) is 2. The topological polar surface area (TPSA) is 64.3 Å². The molecule has 0 bridgehead atoms. The number of nitrogens with two attached hydrogens (primary N) is 1. The first-order valence-electron chi connectivity index (χ1n) is 5.07. The number of nitrogens with one attached hydrogen (secondary N) is 1. The molecule has 1 rings (SSSR count). The molecule has 5 heteroatoms. The van der Waals surface area contributed by atoms with E-state index in [-0.39, 0.29) is 12.5 Å². The molecule has 0 spiro atoms. The van der Waals surface area contributed by atoms with Gasteiger partial charge in [0.1, 0.15) is 5.75 Å². The number of carbonyl (C=O) groups excluding carboxylic acids is 1. The van der Waals surface area contributed by atoms with Crippen molar-refractivity contribution < 1.29 is 9.53 Å². The molecule has 16 heavy (non-hydrogen) atoms. The van der Waals surface area contributed by atoms with Crippen LogP contribution < -0.4 is 15.8 Å². The van der Waals surface area contributed by atoms with Crippen LogP contribution in [0.1, 0.15) is 6.42 Å². The lowest BCUT2D eigenvalue weighted by molar-refractivity contribution is -0.123. The van der Waals surface area contributed by atoms with Crippen molar-refractivity contribution in [2.75, 3.05) is 19.7 Å². The third kappa shape index (κ3) is 5.32. The monoisotopic (exact) mass is 334 g/mol. The summed E-state index contributed by atoms with van der Waals surface area (Å²) >= 11 is 2.21. The Morgan fingerprint density at radius 3 is 2.69 bits per heavy atom. The van der Waals surface area contributed by atoms with Gasteiger partial charge in [-0.3, -0.25) is 4.79 Å². The van der Waals surface area contributed by atoms with Crippen molar-refractivity contribution in [3.05, 3.63) is 27.8 Å². The molecule has 0 fully saturated rings. The van der Waals surface area contributed by atoms with Crippen LogP contribution in [0.25, 0.3) is 0 Å². The molecule has 0 saturated carbocycles. The summed E-state index contributed by atoms with van der Waals surface area (Å²) in [7, 11) is 0. The van der Waals surface area contributed by atoms with Gasteiger partial charge in [-0.2, -0.15) is 0 Å². The van der Waals surface area contributed by atoms with E-state index in [0.29, 0.717) is 18.8 Å². The molecule has 0 aliphatic rings. The maximum Gasteiger partial charge on any atom is 0.257 e. The highest BCUT2D eigenvalue weighted by Crippen LogP contribution is 2.12. The molecule has 0 atom stereocenters. The first-order chi connectivity index (χ1) is 7.72. The summed E-state index contributed by atoms with van der Waals surface area (Å²) in [6, 6.07) is 7.55. The van der Waals surface area contributed by atoms with Gasteiger partial charge < -0.3 is 15.8 Å². The summed E-state index contributed by atoms with van der Waals surface area (Å²) in [4.78, 5) is 11.3. The molecule has 0 aliphatic heterocycles. The zero-order chi connectivity index (χ0) is 11.8. The van der Waals surface area contributed by atoms with Crippen molar-refractivity contribution in [2.45, 2.75) is 6.42 Å². The number of halogens is 1. The molecule has 3 N–H and O–H groups in total. The van der Waals surface area contributed by atoms with Crippen LogP contribution in [-0.2, 0) is 4.79 Å². The minimum absolute atomic E-state index is 0.0468. The van der Waals surface area contributed by atoms with Gasteiger partial charge in [0.05, 0.1) is 0 Å².